The fourth-order valence-electron chi connectivity index (χ4n) is 11.0. The van der Waals surface area contributed by atoms with Crippen LogP contribution in [0.3, 0.4) is 0 Å². The third kappa shape index (κ3) is 26.9. The van der Waals surface area contributed by atoms with Gasteiger partial charge in [-0.3, -0.25) is 33.4 Å². The van der Waals surface area contributed by atoms with Crippen molar-refractivity contribution >= 4 is 153 Å². The first-order chi connectivity index (χ1) is 55.8. The Bertz CT molecular complexity index is 5690. The van der Waals surface area contributed by atoms with Crippen molar-refractivity contribution in [2.24, 2.45) is 0 Å². The van der Waals surface area contributed by atoms with E-state index in [0.29, 0.717) is 133 Å². The number of hydrogen-bond acceptors (Lipinski definition) is 18. The molecule has 0 bridgehead atoms. The summed E-state index contributed by atoms with van der Waals surface area (Å²) in [6.45, 7) is 14.7. The summed E-state index contributed by atoms with van der Waals surface area (Å²) in [5.41, 5.74) is 7.52. The van der Waals surface area contributed by atoms with Crippen LogP contribution in [0.15, 0.2) is 193 Å². The summed E-state index contributed by atoms with van der Waals surface area (Å²) in [6, 6.07) is 43.8. The molecule has 22 nitrogen and oxygen atoms in total. The lowest BCUT2D eigenvalue weighted by molar-refractivity contribution is 0.0881. The number of anilines is 3. The van der Waals surface area contributed by atoms with E-state index in [2.05, 4.69) is 97.4 Å². The highest BCUT2D eigenvalue weighted by Crippen LogP contribution is 2.35. The minimum atomic E-state index is -1.28. The molecule has 0 aliphatic carbocycles. The average Bonchev–Trinajstić information content (AvgIpc) is 0.745. The number of fused-ring (bicyclic) bond motifs is 6. The highest BCUT2D eigenvalue weighted by atomic mass is 79.9. The molecule has 2 heterocycles. The molecule has 10 aromatic carbocycles. The normalized spacial score (nSPS) is 10.9. The minimum absolute atomic E-state index is 0.000426. The summed E-state index contributed by atoms with van der Waals surface area (Å²) in [7, 11) is 9.41. The first kappa shape index (κ1) is 94.4. The molecule has 2 amide bonds. The Morgan fingerprint density at radius 2 is 0.949 bits per heavy atom. The highest BCUT2D eigenvalue weighted by molar-refractivity contribution is 9.11. The number of halogens is 9. The fourth-order valence-corrected chi connectivity index (χ4v) is 14.1. The van der Waals surface area contributed by atoms with E-state index in [9.17, 15) is 56.1 Å². The SMILES string of the molecule is COc1cc(F)cc(N(COCC[Si](C)(C)C)C(=O)c2cc(OC)ccc2Br)c1.COc1cc(F)cc(NC(=O)c2cc(OC)ccc2Br)c1.COc1cc(N)cc(F)c1.COc1ccc(Br)c(C(=O)Cl)c1.COc1ccc2c(c1)c(=O)n(COCC[Si](C)(C)C)c1cc(OC)cc(F)c21.O=c1[nH]c2cc(O)cc(F)c2c2ccc(O)cc12. The van der Waals surface area contributed by atoms with Crippen LogP contribution >= 0.6 is 59.4 Å². The van der Waals surface area contributed by atoms with Gasteiger partial charge in [-0.15, -0.1) is 0 Å². The van der Waals surface area contributed by atoms with Gasteiger partial charge in [-0.25, -0.2) is 22.0 Å². The molecular weight excluding hydrogens is 1790 g/mol. The Balaban J connectivity index is 0.000000202. The van der Waals surface area contributed by atoms with Gasteiger partial charge in [-0.05, 0) is 191 Å². The molecule has 12 aromatic rings. The molecule has 0 spiro atoms. The van der Waals surface area contributed by atoms with Crippen molar-refractivity contribution in [3.05, 3.63) is 250 Å². The second-order valence-corrected chi connectivity index (χ2v) is 42.2. The summed E-state index contributed by atoms with van der Waals surface area (Å²) in [6.07, 6.45) is 0. The standard InChI is InChI=1S/C21H27BrFNO4Si.C21H26FNO4Si.C15H13BrFNO3.C13H8FNO3.C8H6BrClO2.C7H8FNO/c1-26-17-6-7-20(22)19(13-17)21(25)24(14-28-8-9-29(3,4)5)16-10-15(23)11-18(12-16)27-2;1-25-14-6-7-16-17(10-14)21(24)23(13-27-8-9-28(3,4)5)19-12-15(26-2)11-18(22)20(16)19;1-20-11-3-4-14(16)13(8-11)15(19)18-10-5-9(17)6-12(7-10)21-2;14-10-4-7(17)5-11-12(10)8-2-1-6(16)3-9(8)13(18)15-11;1-12-5-2-3-7(9)6(4-5)8(10)11;1-10-7-3-5(8)2-6(9)4-7/h6-7,10-13H,8-9,14H2,1-5H3;6-7,10-12H,8-9,13H2,1-5H3;3-8H,1-2H3,(H,18,19);1-5,16-17H,(H,15,18);2-4H,1H3;2-4H,9H2,1H3. The van der Waals surface area contributed by atoms with Gasteiger partial charge in [0.25, 0.3) is 28.2 Å². The summed E-state index contributed by atoms with van der Waals surface area (Å²) in [5, 5.41) is 22.9. The highest BCUT2D eigenvalue weighted by Gasteiger charge is 2.25. The number of pyridine rings is 2. The number of nitrogen functional groups attached to an aromatic ring is 1. The van der Waals surface area contributed by atoms with E-state index >= 15 is 0 Å². The van der Waals surface area contributed by atoms with Gasteiger partial charge in [-0.2, -0.15) is 0 Å². The van der Waals surface area contributed by atoms with Crippen LogP contribution in [0, 0.1) is 29.1 Å². The number of H-pyrrole nitrogens is 1. The second kappa shape index (κ2) is 43.7. The molecule has 0 saturated carbocycles. The zero-order valence-electron chi connectivity index (χ0n) is 66.8. The molecule has 0 aliphatic rings. The van der Waals surface area contributed by atoms with E-state index in [1.54, 1.807) is 91.0 Å². The molecule has 0 fully saturated rings. The van der Waals surface area contributed by atoms with E-state index in [0.717, 1.165) is 18.2 Å². The molecule has 33 heteroatoms. The van der Waals surface area contributed by atoms with Crippen LogP contribution in [0.2, 0.25) is 51.4 Å². The number of benzene rings is 10. The number of hydrogen-bond donors (Lipinski definition) is 5. The molecule has 2 aromatic heterocycles. The predicted molar refractivity (Wildman–Crippen MR) is 468 cm³/mol. The summed E-state index contributed by atoms with van der Waals surface area (Å²) in [4.78, 5) is 65.3. The van der Waals surface area contributed by atoms with Crippen LogP contribution < -0.4 is 65.0 Å². The van der Waals surface area contributed by atoms with Crippen molar-refractivity contribution in [2.75, 3.05) is 92.8 Å². The second-order valence-electron chi connectivity index (χ2n) is 28.0. The van der Waals surface area contributed by atoms with E-state index in [1.165, 1.54) is 139 Å². The Morgan fingerprint density at radius 1 is 0.483 bits per heavy atom. The van der Waals surface area contributed by atoms with E-state index in [1.807, 2.05) is 0 Å². The van der Waals surface area contributed by atoms with Gasteiger partial charge in [0.05, 0.1) is 101 Å². The van der Waals surface area contributed by atoms with Crippen molar-refractivity contribution in [1.29, 1.82) is 0 Å². The van der Waals surface area contributed by atoms with Crippen molar-refractivity contribution in [3.63, 3.8) is 0 Å². The number of aromatic amines is 1. The molecule has 0 saturated heterocycles. The van der Waals surface area contributed by atoms with E-state index in [4.69, 9.17) is 64.7 Å². The maximum atomic E-state index is 14.9. The first-order valence-corrected chi connectivity index (χ1v) is 45.9. The number of ether oxygens (including phenoxy) is 10. The van der Waals surface area contributed by atoms with Crippen LogP contribution in [0.1, 0.15) is 31.1 Å². The smallest absolute Gasteiger partial charge is 0.261 e. The van der Waals surface area contributed by atoms with Crippen molar-refractivity contribution in [1.82, 2.24) is 9.55 Å². The number of phenols is 2. The molecule has 0 unspecified atom stereocenters. The monoisotopic (exact) mass is 1870 g/mol. The van der Waals surface area contributed by atoms with Crippen LogP contribution in [0.4, 0.5) is 39.0 Å². The Hall–Kier alpha value is -10.7. The van der Waals surface area contributed by atoms with Crippen LogP contribution in [-0.4, -0.2) is 130 Å². The number of nitrogens with one attached hydrogen (secondary N) is 2. The van der Waals surface area contributed by atoms with Crippen LogP contribution in [0.25, 0.3) is 43.4 Å². The number of rotatable bonds is 23. The maximum absolute atomic E-state index is 14.9. The Kier molecular flexibility index (Phi) is 34.9. The van der Waals surface area contributed by atoms with Gasteiger partial charge in [0.15, 0.2) is 0 Å². The summed E-state index contributed by atoms with van der Waals surface area (Å²) in [5.74, 6) is 0.238. The molecule has 6 N–H and O–H groups in total. The van der Waals surface area contributed by atoms with Gasteiger partial charge >= 0.3 is 0 Å². The number of carbonyl (C=O) groups is 3. The number of aromatic hydroxyl groups is 2. The lowest BCUT2D eigenvalue weighted by atomic mass is 10.0. The molecule has 0 radical (unpaired) electrons. The Labute approximate surface area is 709 Å². The number of nitrogens with zero attached hydrogens (tertiary/aromatic N) is 2. The topological polar surface area (TPSA) is 280 Å². The van der Waals surface area contributed by atoms with E-state index in [-0.39, 0.29) is 64.4 Å². The number of amides is 2. The third-order valence-corrected chi connectivity index (χ3v) is 22.9. The van der Waals surface area contributed by atoms with Gasteiger partial charge < -0.3 is 73.6 Å². The largest absolute Gasteiger partial charge is 0.508 e. The summed E-state index contributed by atoms with van der Waals surface area (Å²) >= 11 is 15.2. The van der Waals surface area contributed by atoms with Gasteiger partial charge in [0.1, 0.15) is 100 Å². The average molecular weight is 1880 g/mol. The molecule has 118 heavy (non-hydrogen) atoms. The zero-order chi connectivity index (χ0) is 87.0. The van der Waals surface area contributed by atoms with Crippen molar-refractivity contribution in [2.45, 2.75) is 58.1 Å². The van der Waals surface area contributed by atoms with Gasteiger partial charge in [-0.1, -0.05) is 39.3 Å². The summed E-state index contributed by atoms with van der Waals surface area (Å²) < 4.78 is 124. The van der Waals surface area contributed by atoms with Crippen molar-refractivity contribution in [3.8, 4) is 57.5 Å². The fraction of sp³-hybridized carbons (Fsp3) is 0.235. The number of methoxy groups -OCH3 is 8. The lowest BCUT2D eigenvalue weighted by Crippen LogP contribution is -2.34. The maximum Gasteiger partial charge on any atom is 0.261 e. The molecule has 0 aliphatic heterocycles. The zero-order valence-corrected chi connectivity index (χ0v) is 74.3. The molecule has 12 rings (SSSR count). The lowest BCUT2D eigenvalue weighted by Gasteiger charge is -2.25. The minimum Gasteiger partial charge on any atom is -0.508 e. The van der Waals surface area contributed by atoms with Gasteiger partial charge in [0, 0.05) is 126 Å². The quantitative estimate of drug-likeness (QED) is 0.00757. The molecular formula is C85H88Br3ClF5N5O17Si2. The Morgan fingerprint density at radius 3 is 1.51 bits per heavy atom. The third-order valence-electron chi connectivity index (χ3n) is 17.2. The van der Waals surface area contributed by atoms with Gasteiger partial charge in [0.2, 0.25) is 0 Å². The molecule has 626 valence electrons. The van der Waals surface area contributed by atoms with Crippen molar-refractivity contribution < 1.29 is 93.9 Å². The number of nitrogens with two attached hydrogens (primary N) is 1. The molecule has 0 atom stereocenters. The van der Waals surface area contributed by atoms with Crippen LogP contribution in [0.5, 0.6) is 57.5 Å². The predicted octanol–water partition coefficient (Wildman–Crippen LogP) is 20.5. The number of aromatic nitrogens is 2. The number of carbonyl (C=O) groups excluding carboxylic acids is 3. The van der Waals surface area contributed by atoms with Crippen LogP contribution in [-0.2, 0) is 16.2 Å². The number of phenolic OH excluding ortho intramolecular Hbond substituents is 2. The van der Waals surface area contributed by atoms with E-state index < -0.39 is 50.2 Å². The first-order valence-electron chi connectivity index (χ1n) is 35.7.